The van der Waals surface area contributed by atoms with Crippen LogP contribution in [0.5, 0.6) is 5.75 Å². The second-order valence-corrected chi connectivity index (χ2v) is 4.41. The number of halogens is 1. The normalized spacial score (nSPS) is 13.5. The van der Waals surface area contributed by atoms with Crippen LogP contribution < -0.4 is 9.88 Å². The quantitative estimate of drug-likeness (QED) is 0.820. The first-order chi connectivity index (χ1) is 6.95. The maximum absolute atomic E-state index is 12.2. The number of ether oxygens (including phenoxy) is 1. The molecule has 2 N–H and O–H groups in total. The van der Waals surface area contributed by atoms with Gasteiger partial charge in [-0.15, -0.1) is 0 Å². The highest BCUT2D eigenvalue weighted by molar-refractivity contribution is 7.89. The summed E-state index contributed by atoms with van der Waals surface area (Å²) < 4.78 is 39.3. The third kappa shape index (κ3) is 3.14. The minimum atomic E-state index is -3.95. The maximum atomic E-state index is 12.2. The zero-order chi connectivity index (χ0) is 11.5. The van der Waals surface area contributed by atoms with E-state index in [1.165, 1.54) is 25.3 Å². The fourth-order valence-electron chi connectivity index (χ4n) is 0.928. The van der Waals surface area contributed by atoms with Crippen LogP contribution in [-0.2, 0) is 10.0 Å². The molecule has 0 fully saturated rings. The lowest BCUT2D eigenvalue weighted by molar-refractivity contribution is 0.176. The van der Waals surface area contributed by atoms with E-state index in [-0.39, 0.29) is 10.8 Å². The molecule has 0 radical (unpaired) electrons. The molecule has 1 aromatic heterocycles. The van der Waals surface area contributed by atoms with Crippen molar-refractivity contribution in [2.24, 2.45) is 5.14 Å². The molecular formula is C8H11FN2O3S. The lowest BCUT2D eigenvalue weighted by Gasteiger charge is -2.12. The highest BCUT2D eigenvalue weighted by atomic mass is 32.2. The Labute approximate surface area is 87.1 Å². The third-order valence-electron chi connectivity index (χ3n) is 1.55. The SMILES string of the molecule is CC(CF)Oc1cccnc1S(N)(=O)=O. The summed E-state index contributed by atoms with van der Waals surface area (Å²) in [6.07, 6.45) is 0.530. The summed E-state index contributed by atoms with van der Waals surface area (Å²) in [4.78, 5) is 3.58. The van der Waals surface area contributed by atoms with Crippen LogP contribution in [0.1, 0.15) is 6.92 Å². The number of aromatic nitrogens is 1. The first kappa shape index (κ1) is 11.9. The fraction of sp³-hybridized carbons (Fsp3) is 0.375. The largest absolute Gasteiger partial charge is 0.485 e. The highest BCUT2D eigenvalue weighted by Gasteiger charge is 2.17. The van der Waals surface area contributed by atoms with Crippen LogP contribution in [0.4, 0.5) is 4.39 Å². The van der Waals surface area contributed by atoms with E-state index in [0.29, 0.717) is 0 Å². The third-order valence-corrected chi connectivity index (χ3v) is 2.40. The maximum Gasteiger partial charge on any atom is 0.259 e. The number of primary sulfonamides is 1. The summed E-state index contributed by atoms with van der Waals surface area (Å²) in [6, 6.07) is 2.86. The van der Waals surface area contributed by atoms with Gasteiger partial charge in [0.25, 0.3) is 10.0 Å². The van der Waals surface area contributed by atoms with E-state index in [0.717, 1.165) is 0 Å². The average Bonchev–Trinajstić information content (AvgIpc) is 2.17. The van der Waals surface area contributed by atoms with Gasteiger partial charge in [0.2, 0.25) is 5.03 Å². The molecule has 0 saturated heterocycles. The number of sulfonamides is 1. The van der Waals surface area contributed by atoms with E-state index in [1.807, 2.05) is 0 Å². The number of pyridine rings is 1. The molecule has 0 aliphatic carbocycles. The van der Waals surface area contributed by atoms with Crippen molar-refractivity contribution in [3.63, 3.8) is 0 Å². The molecule has 1 atom stereocenters. The van der Waals surface area contributed by atoms with E-state index >= 15 is 0 Å². The molecule has 5 nitrogen and oxygen atoms in total. The monoisotopic (exact) mass is 234 g/mol. The second-order valence-electron chi connectivity index (χ2n) is 2.93. The number of nitrogens with two attached hydrogens (primary N) is 1. The van der Waals surface area contributed by atoms with Crippen molar-refractivity contribution in [3.8, 4) is 5.75 Å². The Morgan fingerprint density at radius 1 is 1.67 bits per heavy atom. The van der Waals surface area contributed by atoms with Crippen molar-refractivity contribution >= 4 is 10.0 Å². The van der Waals surface area contributed by atoms with E-state index in [2.05, 4.69) is 4.98 Å². The van der Waals surface area contributed by atoms with Gasteiger partial charge in [-0.2, -0.15) is 0 Å². The van der Waals surface area contributed by atoms with E-state index in [4.69, 9.17) is 9.88 Å². The highest BCUT2D eigenvalue weighted by Crippen LogP contribution is 2.20. The fourth-order valence-corrected chi connectivity index (χ4v) is 1.53. The number of alkyl halides is 1. The van der Waals surface area contributed by atoms with Gasteiger partial charge in [-0.1, -0.05) is 0 Å². The Morgan fingerprint density at radius 3 is 2.87 bits per heavy atom. The standard InChI is InChI=1S/C8H11FN2O3S/c1-6(5-9)14-7-3-2-4-11-8(7)15(10,12)13/h2-4,6H,5H2,1H3,(H2,10,12,13). The van der Waals surface area contributed by atoms with Crippen LogP contribution >= 0.6 is 0 Å². The molecule has 0 aliphatic heterocycles. The van der Waals surface area contributed by atoms with Crippen molar-refractivity contribution in [2.45, 2.75) is 18.1 Å². The van der Waals surface area contributed by atoms with Crippen LogP contribution in [0.2, 0.25) is 0 Å². The molecule has 0 amide bonds. The van der Waals surface area contributed by atoms with Crippen molar-refractivity contribution in [1.82, 2.24) is 4.98 Å². The summed E-state index contributed by atoms with van der Waals surface area (Å²) in [7, 11) is -3.95. The Balaban J connectivity index is 3.08. The molecule has 0 aliphatic rings. The van der Waals surface area contributed by atoms with Crippen molar-refractivity contribution < 1.29 is 17.5 Å². The topological polar surface area (TPSA) is 82.3 Å². The first-order valence-corrected chi connectivity index (χ1v) is 5.70. The van der Waals surface area contributed by atoms with Crippen LogP contribution in [0.15, 0.2) is 23.4 Å². The van der Waals surface area contributed by atoms with Crippen LogP contribution in [0, 0.1) is 0 Å². The van der Waals surface area contributed by atoms with E-state index in [1.54, 1.807) is 0 Å². The smallest absolute Gasteiger partial charge is 0.259 e. The number of hydrogen-bond donors (Lipinski definition) is 1. The molecule has 7 heteroatoms. The molecular weight excluding hydrogens is 223 g/mol. The van der Waals surface area contributed by atoms with Crippen molar-refractivity contribution in [2.75, 3.05) is 6.67 Å². The Kier molecular flexibility index (Phi) is 3.59. The predicted molar refractivity (Wildman–Crippen MR) is 51.7 cm³/mol. The molecule has 0 spiro atoms. The van der Waals surface area contributed by atoms with Gasteiger partial charge in [0.05, 0.1) is 0 Å². The summed E-state index contributed by atoms with van der Waals surface area (Å²) in [6.45, 7) is 0.749. The van der Waals surface area contributed by atoms with Gasteiger partial charge in [-0.3, -0.25) is 0 Å². The van der Waals surface area contributed by atoms with Crippen LogP contribution in [0.25, 0.3) is 0 Å². The van der Waals surface area contributed by atoms with E-state index < -0.39 is 22.8 Å². The van der Waals surface area contributed by atoms with Gasteiger partial charge >= 0.3 is 0 Å². The first-order valence-electron chi connectivity index (χ1n) is 4.15. The number of nitrogens with zero attached hydrogens (tertiary/aromatic N) is 1. The van der Waals surface area contributed by atoms with Gasteiger partial charge in [0.15, 0.2) is 5.75 Å². The minimum Gasteiger partial charge on any atom is -0.485 e. The molecule has 1 aromatic rings. The van der Waals surface area contributed by atoms with Gasteiger partial charge in [0, 0.05) is 6.20 Å². The molecule has 0 bridgehead atoms. The molecule has 0 saturated carbocycles. The van der Waals surface area contributed by atoms with Gasteiger partial charge in [-0.25, -0.2) is 22.9 Å². The van der Waals surface area contributed by atoms with Gasteiger partial charge < -0.3 is 4.74 Å². The Bertz CT molecular complexity index is 435. The molecule has 0 aromatic carbocycles. The molecule has 1 rings (SSSR count). The Hall–Kier alpha value is -1.21. The van der Waals surface area contributed by atoms with Crippen LogP contribution in [0.3, 0.4) is 0 Å². The minimum absolute atomic E-state index is 0.0369. The molecule has 84 valence electrons. The van der Waals surface area contributed by atoms with Gasteiger partial charge in [-0.05, 0) is 19.1 Å². The summed E-state index contributed by atoms with van der Waals surface area (Å²) in [5.41, 5.74) is 0. The Morgan fingerprint density at radius 2 is 2.33 bits per heavy atom. The zero-order valence-corrected chi connectivity index (χ0v) is 8.87. The van der Waals surface area contributed by atoms with E-state index in [9.17, 15) is 12.8 Å². The lowest BCUT2D eigenvalue weighted by atomic mass is 10.4. The van der Waals surface area contributed by atoms with Gasteiger partial charge in [0.1, 0.15) is 12.8 Å². The zero-order valence-electron chi connectivity index (χ0n) is 8.05. The molecule has 1 heterocycles. The van der Waals surface area contributed by atoms with Crippen molar-refractivity contribution in [1.29, 1.82) is 0 Å². The summed E-state index contributed by atoms with van der Waals surface area (Å²) in [5.74, 6) is -0.0369. The summed E-state index contributed by atoms with van der Waals surface area (Å²) in [5, 5.41) is 4.53. The summed E-state index contributed by atoms with van der Waals surface area (Å²) >= 11 is 0. The van der Waals surface area contributed by atoms with Crippen LogP contribution in [-0.4, -0.2) is 26.2 Å². The number of rotatable bonds is 4. The molecule has 15 heavy (non-hydrogen) atoms. The number of hydrogen-bond acceptors (Lipinski definition) is 4. The predicted octanol–water partition coefficient (Wildman–Crippen LogP) is 0.466. The lowest BCUT2D eigenvalue weighted by Crippen LogP contribution is -2.19. The molecule has 1 unspecified atom stereocenters. The second kappa shape index (κ2) is 4.54. The van der Waals surface area contributed by atoms with Crippen molar-refractivity contribution in [3.05, 3.63) is 18.3 Å². The average molecular weight is 234 g/mol.